The molecule has 0 unspecified atom stereocenters. The average molecular weight is 586 g/mol. The van der Waals surface area contributed by atoms with E-state index in [0.717, 1.165) is 12.8 Å². The van der Waals surface area contributed by atoms with E-state index < -0.39 is 12.9 Å². The maximum atomic E-state index is 11.6. The van der Waals surface area contributed by atoms with Gasteiger partial charge in [-0.3, -0.25) is 14.9 Å². The van der Waals surface area contributed by atoms with E-state index in [-0.39, 0.29) is 43.6 Å². The number of amides is 1. The van der Waals surface area contributed by atoms with Crippen LogP contribution in [0.5, 0.6) is 0 Å². The van der Waals surface area contributed by atoms with E-state index in [1.165, 1.54) is 64.7 Å². The maximum Gasteiger partial charge on any atom is 0.306 e. The second-order valence-corrected chi connectivity index (χ2v) is 8.41. The van der Waals surface area contributed by atoms with Gasteiger partial charge in [0.1, 0.15) is 12.9 Å². The number of ether oxygens (including phenoxy) is 2. The van der Waals surface area contributed by atoms with E-state index in [1.54, 1.807) is 0 Å². The van der Waals surface area contributed by atoms with E-state index in [0.29, 0.717) is 6.42 Å². The Kier molecular flexibility index (Phi) is 32.0. The second kappa shape index (κ2) is 33.8. The van der Waals surface area contributed by atoms with Crippen LogP contribution < -0.4 is 5.32 Å². The summed E-state index contributed by atoms with van der Waals surface area (Å²) in [7, 11) is 0. The molecule has 0 rings (SSSR count). The number of unbranched alkanes of at least 4 members (excludes halogenated alkanes) is 10. The van der Waals surface area contributed by atoms with Gasteiger partial charge < -0.3 is 19.7 Å². The Morgan fingerprint density at radius 1 is 0.756 bits per heavy atom. The minimum Gasteiger partial charge on any atom is -0.457 e. The Bertz CT molecular complexity index is 1190. The van der Waals surface area contributed by atoms with Crippen molar-refractivity contribution in [3.63, 3.8) is 0 Å². The Hall–Kier alpha value is -4.26. The first-order chi connectivity index (χ1) is 20.0. The topological polar surface area (TPSA) is 105 Å². The molecule has 0 heterocycles. The Morgan fingerprint density at radius 2 is 1.22 bits per heavy atom. The highest BCUT2D eigenvalue weighted by molar-refractivity contribution is 5.75. The molecular formula is C34H67NO6. The summed E-state index contributed by atoms with van der Waals surface area (Å²) in [5.41, 5.74) is 0. The van der Waals surface area contributed by atoms with E-state index in [1.807, 2.05) is 0 Å². The first-order valence-electron chi connectivity index (χ1n) is 13.7. The molecule has 0 aliphatic rings. The summed E-state index contributed by atoms with van der Waals surface area (Å²) in [4.78, 5) is 22.0. The number of aliphatic hydroxyl groups is 2. The predicted molar refractivity (Wildman–Crippen MR) is 188 cm³/mol. The lowest BCUT2D eigenvalue weighted by Crippen LogP contribution is -2.27. The molecule has 3 N–H and O–H groups in total. The first kappa shape index (κ1) is 38.9. The molecule has 0 aromatic carbocycles. The monoisotopic (exact) mass is 585 g/mol. The number of aliphatic hydroxyl groups excluding tert-OH is 2. The lowest BCUT2D eigenvalue weighted by Gasteiger charge is -2.14. The Balaban J connectivity index is -0.0000000355. The molecule has 0 aliphatic carbocycles. The van der Waals surface area contributed by atoms with Crippen LogP contribution in [0.1, 0.15) is 109 Å². The van der Waals surface area contributed by atoms with Crippen LogP contribution in [0.4, 0.5) is 0 Å². The summed E-state index contributed by atoms with van der Waals surface area (Å²) in [5.74, 6) is 28.1. The molecule has 1 amide bonds. The van der Waals surface area contributed by atoms with Gasteiger partial charge in [0.25, 0.3) is 0 Å². The van der Waals surface area contributed by atoms with Crippen LogP contribution in [0.2, 0.25) is 0 Å². The van der Waals surface area contributed by atoms with E-state index in [2.05, 4.69) is 89.3 Å². The standard InChI is InChI=1S/C18H36O5.C16H5NO.13H2/c1-2-3-4-5-6-7-8-9-10-11-12-13-18(21)23-17(14-19)15-22-16-20;1-3-4-5-6-7-8-9-10-11-12-13-14-15-17-16(2)18;;;;;;;;;;;;;/h17,19-20H,2-16H2,1H3;1H,2H3,(H,17,18);13*1H/t17-;;;;;;;;;;;;;;/m1............../s1. The predicted octanol–water partition coefficient (Wildman–Crippen LogP) is 6.49. The molecule has 244 valence electrons. The van der Waals surface area contributed by atoms with Gasteiger partial charge in [-0.15, -0.1) is 6.42 Å². The van der Waals surface area contributed by atoms with Crippen LogP contribution >= 0.6 is 0 Å². The minimum atomic E-state index is -0.678. The number of esters is 1. The van der Waals surface area contributed by atoms with E-state index in [9.17, 15) is 9.59 Å². The van der Waals surface area contributed by atoms with E-state index in [4.69, 9.17) is 26.1 Å². The van der Waals surface area contributed by atoms with Crippen LogP contribution in [0, 0.1) is 83.5 Å². The van der Waals surface area contributed by atoms with Crippen molar-refractivity contribution in [1.29, 1.82) is 0 Å². The number of nitrogens with one attached hydrogen (secondary N) is 1. The number of carbonyl (C=O) groups is 2. The largest absolute Gasteiger partial charge is 0.457 e. The lowest BCUT2D eigenvalue weighted by molar-refractivity contribution is -0.157. The highest BCUT2D eigenvalue weighted by Crippen LogP contribution is 2.12. The van der Waals surface area contributed by atoms with Crippen LogP contribution in [0.25, 0.3) is 0 Å². The molecule has 1 atom stereocenters. The lowest BCUT2D eigenvalue weighted by atomic mass is 10.1. The van der Waals surface area contributed by atoms with Gasteiger partial charge in [0.2, 0.25) is 5.91 Å². The van der Waals surface area contributed by atoms with Gasteiger partial charge in [-0.05, 0) is 41.9 Å². The van der Waals surface area contributed by atoms with Crippen LogP contribution in [-0.4, -0.2) is 48.2 Å². The van der Waals surface area contributed by atoms with Crippen LogP contribution in [-0.2, 0) is 19.1 Å². The van der Waals surface area contributed by atoms with Crippen molar-refractivity contribution in [2.75, 3.05) is 20.0 Å². The molecule has 0 aliphatic heterocycles. The normalized spacial score (nSPS) is 8.95. The molecule has 7 nitrogen and oxygen atoms in total. The van der Waals surface area contributed by atoms with Crippen LogP contribution in [0.15, 0.2) is 0 Å². The average Bonchev–Trinajstić information content (AvgIpc) is 2.96. The number of hydrogen-bond acceptors (Lipinski definition) is 6. The van der Waals surface area contributed by atoms with Gasteiger partial charge in [-0.25, -0.2) is 0 Å². The fourth-order valence-electron chi connectivity index (χ4n) is 2.95. The molecular weight excluding hydrogens is 518 g/mol. The Morgan fingerprint density at radius 3 is 1.66 bits per heavy atom. The maximum absolute atomic E-state index is 11.6. The number of hydrogen-bond donors (Lipinski definition) is 3. The van der Waals surface area contributed by atoms with Crippen molar-refractivity contribution in [3.05, 3.63) is 0 Å². The van der Waals surface area contributed by atoms with Gasteiger partial charge in [-0.1, -0.05) is 71.1 Å². The number of terminal acetylenes is 1. The van der Waals surface area contributed by atoms with Gasteiger partial charge in [-0.2, -0.15) is 0 Å². The van der Waals surface area contributed by atoms with Crippen molar-refractivity contribution in [1.82, 2.24) is 5.32 Å². The van der Waals surface area contributed by atoms with Gasteiger partial charge >= 0.3 is 5.97 Å². The van der Waals surface area contributed by atoms with Crippen molar-refractivity contribution < 1.29 is 47.8 Å². The molecule has 0 bridgehead atoms. The van der Waals surface area contributed by atoms with Gasteiger partial charge in [0.05, 0.1) is 13.2 Å². The molecule has 0 radical (unpaired) electrons. The zero-order valence-electron chi connectivity index (χ0n) is 24.3. The summed E-state index contributed by atoms with van der Waals surface area (Å²) in [6, 6.07) is 2.33. The molecule has 0 aromatic heterocycles. The third kappa shape index (κ3) is 35.7. The summed E-state index contributed by atoms with van der Waals surface area (Å²) in [5, 5.41) is 19.8. The highest BCUT2D eigenvalue weighted by Gasteiger charge is 2.13. The fraction of sp³-hybridized carbons (Fsp3) is 0.529. The zero-order valence-corrected chi connectivity index (χ0v) is 24.3. The molecule has 0 spiro atoms. The summed E-state index contributed by atoms with van der Waals surface area (Å²) in [6.07, 6.45) is 18.2. The molecule has 41 heavy (non-hydrogen) atoms. The molecule has 0 saturated heterocycles. The molecule has 0 aromatic rings. The first-order valence-corrected chi connectivity index (χ1v) is 13.7. The molecule has 0 saturated carbocycles. The van der Waals surface area contributed by atoms with E-state index >= 15 is 0 Å². The molecule has 7 heteroatoms. The van der Waals surface area contributed by atoms with Crippen molar-refractivity contribution in [2.24, 2.45) is 0 Å². The number of carbonyl (C=O) groups excluding carboxylic acids is 2. The Labute approximate surface area is 266 Å². The minimum absolute atomic E-state index is 0. The summed E-state index contributed by atoms with van der Waals surface area (Å²) < 4.78 is 9.79. The summed E-state index contributed by atoms with van der Waals surface area (Å²) in [6.45, 7) is 2.89. The quantitative estimate of drug-likeness (QED) is 0.0593. The summed E-state index contributed by atoms with van der Waals surface area (Å²) >= 11 is 0. The third-order valence-corrected chi connectivity index (χ3v) is 4.88. The smallest absolute Gasteiger partial charge is 0.306 e. The van der Waals surface area contributed by atoms with Crippen LogP contribution in [0.3, 0.4) is 0 Å². The SMILES string of the molecule is C#CC#CC#CC#CC#CC#CC#CNC(C)=O.CCCCCCCCCCCCCC(=O)O[C@H](CO)COCO.[HH].[HH].[HH].[HH].[HH].[HH].[HH].[HH].[HH].[HH].[HH].[HH].[HH]. The van der Waals surface area contributed by atoms with Crippen molar-refractivity contribution in [3.8, 4) is 83.5 Å². The third-order valence-electron chi connectivity index (χ3n) is 4.88. The zero-order chi connectivity index (χ0) is 30.7. The second-order valence-electron chi connectivity index (χ2n) is 8.41. The number of rotatable bonds is 17. The van der Waals surface area contributed by atoms with Gasteiger partial charge in [0.15, 0.2) is 0 Å². The van der Waals surface area contributed by atoms with Gasteiger partial charge in [0, 0.05) is 73.5 Å². The van der Waals surface area contributed by atoms with Crippen molar-refractivity contribution >= 4 is 11.9 Å². The highest BCUT2D eigenvalue weighted by atomic mass is 16.6. The van der Waals surface area contributed by atoms with Crippen molar-refractivity contribution in [2.45, 2.75) is 97.0 Å². The molecule has 0 fully saturated rings. The fourth-order valence-corrected chi connectivity index (χ4v) is 2.95.